The van der Waals surface area contributed by atoms with Gasteiger partial charge in [0.25, 0.3) is 5.91 Å². The number of thiazole rings is 1. The van der Waals surface area contributed by atoms with E-state index < -0.39 is 0 Å². The van der Waals surface area contributed by atoms with E-state index in [4.69, 9.17) is 4.74 Å². The highest BCUT2D eigenvalue weighted by Crippen LogP contribution is 2.34. The summed E-state index contributed by atoms with van der Waals surface area (Å²) < 4.78 is 5.32. The van der Waals surface area contributed by atoms with Crippen molar-refractivity contribution in [2.75, 3.05) is 49.6 Å². The fourth-order valence-electron chi connectivity index (χ4n) is 4.21. The van der Waals surface area contributed by atoms with Crippen molar-refractivity contribution in [1.29, 1.82) is 0 Å². The number of anilines is 2. The minimum atomic E-state index is -0.0583. The molecule has 33 heavy (non-hydrogen) atoms. The minimum absolute atomic E-state index is 0.0282. The topological polar surface area (TPSA) is 74.8 Å². The van der Waals surface area contributed by atoms with Crippen LogP contribution in [-0.4, -0.2) is 61.1 Å². The SMILES string of the molecule is Cc1ccc(C(=O)N2CCc3cc(-c4csc(NC(=O)CN5CCOCC5)n4)ccc32)cc1. The van der Waals surface area contributed by atoms with E-state index in [1.54, 1.807) is 0 Å². The Morgan fingerprint density at radius 2 is 1.88 bits per heavy atom. The summed E-state index contributed by atoms with van der Waals surface area (Å²) in [6, 6.07) is 13.8. The van der Waals surface area contributed by atoms with Crippen molar-refractivity contribution in [3.63, 3.8) is 0 Å². The molecule has 2 aromatic carbocycles. The highest BCUT2D eigenvalue weighted by molar-refractivity contribution is 7.14. The molecule has 2 amide bonds. The monoisotopic (exact) mass is 462 g/mol. The van der Waals surface area contributed by atoms with Gasteiger partial charge in [-0.25, -0.2) is 4.98 Å². The molecule has 0 aliphatic carbocycles. The number of nitrogens with one attached hydrogen (secondary N) is 1. The van der Waals surface area contributed by atoms with Crippen LogP contribution in [0.15, 0.2) is 47.8 Å². The zero-order valence-corrected chi connectivity index (χ0v) is 19.4. The van der Waals surface area contributed by atoms with Crippen molar-refractivity contribution in [1.82, 2.24) is 9.88 Å². The summed E-state index contributed by atoms with van der Waals surface area (Å²) in [7, 11) is 0. The number of ether oxygens (including phenoxy) is 1. The first-order valence-electron chi connectivity index (χ1n) is 11.1. The summed E-state index contributed by atoms with van der Waals surface area (Å²) in [5.74, 6) is -0.0301. The number of hydrogen-bond donors (Lipinski definition) is 1. The van der Waals surface area contributed by atoms with Crippen LogP contribution in [0, 0.1) is 6.92 Å². The summed E-state index contributed by atoms with van der Waals surface area (Å²) in [6.45, 7) is 5.92. The minimum Gasteiger partial charge on any atom is -0.379 e. The Morgan fingerprint density at radius 3 is 2.67 bits per heavy atom. The summed E-state index contributed by atoms with van der Waals surface area (Å²) in [4.78, 5) is 33.9. The fourth-order valence-corrected chi connectivity index (χ4v) is 4.94. The number of carbonyl (C=O) groups excluding carboxylic acids is 2. The average molecular weight is 463 g/mol. The Hall–Kier alpha value is -3.07. The third-order valence-corrected chi connectivity index (χ3v) is 6.79. The molecule has 170 valence electrons. The van der Waals surface area contributed by atoms with Crippen molar-refractivity contribution < 1.29 is 14.3 Å². The van der Waals surface area contributed by atoms with Gasteiger partial charge < -0.3 is 15.0 Å². The number of morpholine rings is 1. The largest absolute Gasteiger partial charge is 0.379 e. The molecule has 0 atom stereocenters. The van der Waals surface area contributed by atoms with Gasteiger partial charge in [0, 0.05) is 41.8 Å². The van der Waals surface area contributed by atoms with Crippen LogP contribution >= 0.6 is 11.3 Å². The van der Waals surface area contributed by atoms with Gasteiger partial charge >= 0.3 is 0 Å². The van der Waals surface area contributed by atoms with Gasteiger partial charge in [0.05, 0.1) is 25.5 Å². The van der Waals surface area contributed by atoms with E-state index in [9.17, 15) is 9.59 Å². The fraction of sp³-hybridized carbons (Fsp3) is 0.320. The third-order valence-electron chi connectivity index (χ3n) is 6.04. The standard InChI is InChI=1S/C25H26N4O3S/c1-17-2-4-18(5-3-17)24(31)29-9-8-20-14-19(6-7-22(20)29)21-16-33-25(26-21)27-23(30)15-28-10-12-32-13-11-28/h2-7,14,16H,8-13,15H2,1H3,(H,26,27,30). The zero-order valence-electron chi connectivity index (χ0n) is 18.5. The predicted molar refractivity (Wildman–Crippen MR) is 130 cm³/mol. The number of aryl methyl sites for hydroxylation is 1. The second-order valence-electron chi connectivity index (χ2n) is 8.39. The molecule has 2 aliphatic rings. The number of rotatable bonds is 5. The molecule has 2 aliphatic heterocycles. The number of carbonyl (C=O) groups is 2. The first-order valence-corrected chi connectivity index (χ1v) is 12.0. The number of aromatic nitrogens is 1. The van der Waals surface area contributed by atoms with Crippen LogP contribution in [0.3, 0.4) is 0 Å². The van der Waals surface area contributed by atoms with E-state index in [0.717, 1.165) is 47.6 Å². The van der Waals surface area contributed by atoms with E-state index in [2.05, 4.69) is 21.3 Å². The summed E-state index contributed by atoms with van der Waals surface area (Å²) in [5, 5.41) is 5.46. The quantitative estimate of drug-likeness (QED) is 0.627. The van der Waals surface area contributed by atoms with E-state index >= 15 is 0 Å². The van der Waals surface area contributed by atoms with E-state index in [-0.39, 0.29) is 11.8 Å². The van der Waals surface area contributed by atoms with Crippen molar-refractivity contribution in [2.45, 2.75) is 13.3 Å². The molecule has 0 spiro atoms. The molecular formula is C25H26N4O3S. The second kappa shape index (κ2) is 9.43. The smallest absolute Gasteiger partial charge is 0.258 e. The van der Waals surface area contributed by atoms with Crippen molar-refractivity contribution in [3.05, 3.63) is 64.5 Å². The first kappa shape index (κ1) is 21.8. The molecule has 8 heteroatoms. The summed E-state index contributed by atoms with van der Waals surface area (Å²) in [6.07, 6.45) is 0.814. The molecule has 3 heterocycles. The highest BCUT2D eigenvalue weighted by Gasteiger charge is 2.26. The maximum Gasteiger partial charge on any atom is 0.258 e. The Bertz CT molecular complexity index is 1170. The molecule has 1 fully saturated rings. The number of hydrogen-bond acceptors (Lipinski definition) is 6. The van der Waals surface area contributed by atoms with E-state index in [1.165, 1.54) is 11.3 Å². The Kier molecular flexibility index (Phi) is 6.22. The van der Waals surface area contributed by atoms with Gasteiger partial charge in [-0.1, -0.05) is 23.8 Å². The number of amides is 2. The van der Waals surface area contributed by atoms with Crippen molar-refractivity contribution in [2.24, 2.45) is 0 Å². The van der Waals surface area contributed by atoms with Gasteiger partial charge in [-0.05, 0) is 43.2 Å². The summed E-state index contributed by atoms with van der Waals surface area (Å²) in [5.41, 5.74) is 5.75. The molecule has 3 aromatic rings. The van der Waals surface area contributed by atoms with Gasteiger partial charge in [0.1, 0.15) is 0 Å². The van der Waals surface area contributed by atoms with Gasteiger partial charge in [0.15, 0.2) is 5.13 Å². The molecule has 0 unspecified atom stereocenters. The molecular weight excluding hydrogens is 436 g/mol. The van der Waals surface area contributed by atoms with E-state index in [1.807, 2.05) is 53.6 Å². The van der Waals surface area contributed by atoms with E-state index in [0.29, 0.717) is 37.0 Å². The molecule has 0 saturated carbocycles. The molecule has 1 saturated heterocycles. The van der Waals surface area contributed by atoms with Crippen molar-refractivity contribution >= 4 is 34.0 Å². The zero-order chi connectivity index (χ0) is 22.8. The van der Waals surface area contributed by atoms with Crippen LogP contribution in [0.1, 0.15) is 21.5 Å². The Labute approximate surface area is 197 Å². The molecule has 5 rings (SSSR count). The van der Waals surface area contributed by atoms with Gasteiger partial charge in [0.2, 0.25) is 5.91 Å². The average Bonchev–Trinajstić information content (AvgIpc) is 3.46. The number of nitrogens with zero attached hydrogens (tertiary/aromatic N) is 3. The first-order chi connectivity index (χ1) is 16.1. The Balaban J connectivity index is 1.26. The molecule has 1 N–H and O–H groups in total. The summed E-state index contributed by atoms with van der Waals surface area (Å²) >= 11 is 1.42. The molecule has 0 radical (unpaired) electrons. The lowest BCUT2D eigenvalue weighted by molar-refractivity contribution is -0.118. The molecule has 7 nitrogen and oxygen atoms in total. The van der Waals surface area contributed by atoms with Crippen molar-refractivity contribution in [3.8, 4) is 11.3 Å². The number of fused-ring (bicyclic) bond motifs is 1. The van der Waals surface area contributed by atoms with Crippen LogP contribution < -0.4 is 10.2 Å². The maximum absolute atomic E-state index is 13.0. The lowest BCUT2D eigenvalue weighted by atomic mass is 10.1. The molecule has 0 bridgehead atoms. The van der Waals surface area contributed by atoms with Crippen LogP contribution in [0.25, 0.3) is 11.3 Å². The lowest BCUT2D eigenvalue weighted by Gasteiger charge is -2.25. The van der Waals surface area contributed by atoms with Gasteiger partial charge in [-0.2, -0.15) is 0 Å². The number of benzene rings is 2. The van der Waals surface area contributed by atoms with Gasteiger partial charge in [-0.15, -0.1) is 11.3 Å². The Morgan fingerprint density at radius 1 is 1.09 bits per heavy atom. The van der Waals surface area contributed by atoms with Crippen LogP contribution in [0.5, 0.6) is 0 Å². The predicted octanol–water partition coefficient (Wildman–Crippen LogP) is 3.59. The van der Waals surface area contributed by atoms with Crippen LogP contribution in [0.4, 0.5) is 10.8 Å². The normalized spacial score (nSPS) is 16.0. The molecule has 1 aromatic heterocycles. The van der Waals surface area contributed by atoms with Crippen LogP contribution in [-0.2, 0) is 16.0 Å². The van der Waals surface area contributed by atoms with Crippen LogP contribution in [0.2, 0.25) is 0 Å². The second-order valence-corrected chi connectivity index (χ2v) is 9.25. The maximum atomic E-state index is 13.0. The van der Waals surface area contributed by atoms with Gasteiger partial charge in [-0.3, -0.25) is 14.5 Å². The highest BCUT2D eigenvalue weighted by atomic mass is 32.1. The lowest BCUT2D eigenvalue weighted by Crippen LogP contribution is -2.41. The third kappa shape index (κ3) is 4.83.